The summed E-state index contributed by atoms with van der Waals surface area (Å²) in [6.45, 7) is 0.394. The zero-order chi connectivity index (χ0) is 8.10. The topological polar surface area (TPSA) is 48.8 Å². The summed E-state index contributed by atoms with van der Waals surface area (Å²) in [5.74, 6) is 0. The number of rotatable bonds is 2. The van der Waals surface area contributed by atoms with Crippen LogP contribution in [0.25, 0.3) is 10.4 Å². The summed E-state index contributed by atoms with van der Waals surface area (Å²) in [5, 5.41) is 3.43. The van der Waals surface area contributed by atoms with Crippen LogP contribution in [0, 0.1) is 0 Å². The molecule has 0 heterocycles. The third-order valence-electron chi connectivity index (χ3n) is 1.23. The Bertz CT molecular complexity index is 291. The van der Waals surface area contributed by atoms with Crippen molar-refractivity contribution >= 4 is 12.6 Å². The fraction of sp³-hybridized carbons (Fsp3) is 0.143. The number of benzene rings is 1. The van der Waals surface area contributed by atoms with Gasteiger partial charge in [0.1, 0.15) is 0 Å². The zero-order valence-electron chi connectivity index (χ0n) is 5.81. The first kappa shape index (κ1) is 7.98. The van der Waals surface area contributed by atoms with Crippen molar-refractivity contribution in [1.29, 1.82) is 0 Å². The molecule has 1 rings (SSSR count). The van der Waals surface area contributed by atoms with Crippen molar-refractivity contribution in [3.8, 4) is 0 Å². The van der Waals surface area contributed by atoms with E-state index in [1.165, 1.54) is 0 Å². The van der Waals surface area contributed by atoms with Crippen LogP contribution in [0.2, 0.25) is 0 Å². The van der Waals surface area contributed by atoms with Gasteiger partial charge in [-0.15, -0.1) is 12.6 Å². The van der Waals surface area contributed by atoms with Gasteiger partial charge in [0.2, 0.25) is 0 Å². The van der Waals surface area contributed by atoms with E-state index < -0.39 is 0 Å². The standard InChI is InChI=1S/C7H7N3S/c8-10-9-5-6-2-1-3-7(11)4-6/h1-4,11H,5H2. The van der Waals surface area contributed by atoms with Crippen LogP contribution in [0.3, 0.4) is 0 Å². The second-order valence-corrected chi connectivity index (χ2v) is 2.58. The van der Waals surface area contributed by atoms with Crippen LogP contribution in [0.1, 0.15) is 5.56 Å². The Balaban J connectivity index is 2.79. The second kappa shape index (κ2) is 3.91. The van der Waals surface area contributed by atoms with E-state index in [1.807, 2.05) is 24.3 Å². The monoisotopic (exact) mass is 165 g/mol. The largest absolute Gasteiger partial charge is 0.143 e. The molecule has 0 unspecified atom stereocenters. The van der Waals surface area contributed by atoms with E-state index in [2.05, 4.69) is 22.7 Å². The highest BCUT2D eigenvalue weighted by Gasteiger charge is 1.89. The van der Waals surface area contributed by atoms with Gasteiger partial charge in [0, 0.05) is 9.81 Å². The molecule has 0 saturated carbocycles. The fourth-order valence-electron chi connectivity index (χ4n) is 0.768. The maximum atomic E-state index is 8.04. The minimum atomic E-state index is 0.394. The smallest absolute Gasteiger partial charge is 0.0511 e. The average Bonchev–Trinajstić information content (AvgIpc) is 2.01. The van der Waals surface area contributed by atoms with Gasteiger partial charge in [-0.25, -0.2) is 0 Å². The third kappa shape index (κ3) is 2.53. The molecule has 11 heavy (non-hydrogen) atoms. The number of hydrogen-bond donors (Lipinski definition) is 1. The predicted molar refractivity (Wildman–Crippen MR) is 46.5 cm³/mol. The van der Waals surface area contributed by atoms with Gasteiger partial charge in [-0.1, -0.05) is 17.2 Å². The SMILES string of the molecule is [N-]=[N+]=NCc1cccc(S)c1. The molecule has 0 amide bonds. The highest BCUT2D eigenvalue weighted by Crippen LogP contribution is 2.09. The average molecular weight is 165 g/mol. The zero-order valence-corrected chi connectivity index (χ0v) is 6.70. The summed E-state index contributed by atoms with van der Waals surface area (Å²) in [5.41, 5.74) is 9.02. The Morgan fingerprint density at radius 3 is 3.00 bits per heavy atom. The molecule has 0 saturated heterocycles. The highest BCUT2D eigenvalue weighted by molar-refractivity contribution is 7.80. The van der Waals surface area contributed by atoms with Gasteiger partial charge in [0.05, 0.1) is 6.54 Å². The quantitative estimate of drug-likeness (QED) is 0.303. The van der Waals surface area contributed by atoms with Crippen molar-refractivity contribution in [2.24, 2.45) is 5.11 Å². The minimum absolute atomic E-state index is 0.394. The molecule has 1 aromatic rings. The lowest BCUT2D eigenvalue weighted by atomic mass is 10.2. The number of nitrogens with zero attached hydrogens (tertiary/aromatic N) is 3. The van der Waals surface area contributed by atoms with Crippen molar-refractivity contribution in [2.45, 2.75) is 11.4 Å². The molecule has 0 aromatic heterocycles. The maximum absolute atomic E-state index is 8.04. The first-order chi connectivity index (χ1) is 5.33. The van der Waals surface area contributed by atoms with E-state index in [1.54, 1.807) is 0 Å². The Kier molecular flexibility index (Phi) is 2.83. The second-order valence-electron chi connectivity index (χ2n) is 2.06. The molecule has 0 aliphatic heterocycles. The van der Waals surface area contributed by atoms with Gasteiger partial charge in [0.25, 0.3) is 0 Å². The molecule has 0 fully saturated rings. The van der Waals surface area contributed by atoms with E-state index in [-0.39, 0.29) is 0 Å². The van der Waals surface area contributed by atoms with E-state index in [4.69, 9.17) is 5.53 Å². The summed E-state index contributed by atoms with van der Waals surface area (Å²) in [6.07, 6.45) is 0. The van der Waals surface area contributed by atoms with Crippen molar-refractivity contribution in [3.63, 3.8) is 0 Å². The Labute approximate surface area is 70.1 Å². The molecular formula is C7H7N3S. The Morgan fingerprint density at radius 2 is 2.36 bits per heavy atom. The number of thiol groups is 1. The molecule has 0 N–H and O–H groups in total. The molecule has 0 spiro atoms. The van der Waals surface area contributed by atoms with Gasteiger partial charge in [-0.3, -0.25) is 0 Å². The highest BCUT2D eigenvalue weighted by atomic mass is 32.1. The molecule has 0 radical (unpaired) electrons. The molecular weight excluding hydrogens is 158 g/mol. The summed E-state index contributed by atoms with van der Waals surface area (Å²) in [4.78, 5) is 3.55. The first-order valence-corrected chi connectivity index (χ1v) is 3.56. The van der Waals surface area contributed by atoms with Gasteiger partial charge >= 0.3 is 0 Å². The van der Waals surface area contributed by atoms with E-state index in [9.17, 15) is 0 Å². The first-order valence-electron chi connectivity index (χ1n) is 3.11. The van der Waals surface area contributed by atoms with Crippen LogP contribution >= 0.6 is 12.6 Å². The molecule has 3 nitrogen and oxygen atoms in total. The molecule has 0 aliphatic carbocycles. The van der Waals surface area contributed by atoms with Crippen LogP contribution < -0.4 is 0 Å². The number of azide groups is 1. The van der Waals surface area contributed by atoms with Crippen molar-refractivity contribution < 1.29 is 0 Å². The minimum Gasteiger partial charge on any atom is -0.143 e. The molecule has 0 aliphatic rings. The lowest BCUT2D eigenvalue weighted by Crippen LogP contribution is -1.78. The van der Waals surface area contributed by atoms with Crippen LogP contribution in [-0.4, -0.2) is 0 Å². The lowest BCUT2D eigenvalue weighted by molar-refractivity contribution is 1.04. The van der Waals surface area contributed by atoms with Crippen LogP contribution in [0.5, 0.6) is 0 Å². The predicted octanol–water partition coefficient (Wildman–Crippen LogP) is 2.79. The Morgan fingerprint density at radius 1 is 1.55 bits per heavy atom. The van der Waals surface area contributed by atoms with E-state index in [0.29, 0.717) is 6.54 Å². The maximum Gasteiger partial charge on any atom is 0.0511 e. The summed E-state index contributed by atoms with van der Waals surface area (Å²) in [6, 6.07) is 7.53. The van der Waals surface area contributed by atoms with Crippen molar-refractivity contribution in [1.82, 2.24) is 0 Å². The van der Waals surface area contributed by atoms with Crippen LogP contribution in [0.15, 0.2) is 34.3 Å². The fourth-order valence-corrected chi connectivity index (χ4v) is 1.02. The van der Waals surface area contributed by atoms with E-state index >= 15 is 0 Å². The van der Waals surface area contributed by atoms with Crippen molar-refractivity contribution in [3.05, 3.63) is 40.3 Å². The molecule has 0 bridgehead atoms. The van der Waals surface area contributed by atoms with Gasteiger partial charge in [0.15, 0.2) is 0 Å². The Hall–Kier alpha value is -1.12. The third-order valence-corrected chi connectivity index (χ3v) is 1.51. The van der Waals surface area contributed by atoms with Gasteiger partial charge < -0.3 is 0 Å². The summed E-state index contributed by atoms with van der Waals surface area (Å²) in [7, 11) is 0. The van der Waals surface area contributed by atoms with Crippen molar-refractivity contribution in [2.75, 3.05) is 0 Å². The molecule has 56 valence electrons. The molecule has 1 aromatic carbocycles. The van der Waals surface area contributed by atoms with Crippen LogP contribution in [-0.2, 0) is 6.54 Å². The normalized spacial score (nSPS) is 8.82. The summed E-state index contributed by atoms with van der Waals surface area (Å²) >= 11 is 4.14. The van der Waals surface area contributed by atoms with Crippen LogP contribution in [0.4, 0.5) is 0 Å². The molecule has 4 heteroatoms. The van der Waals surface area contributed by atoms with Gasteiger partial charge in [-0.05, 0) is 23.2 Å². The van der Waals surface area contributed by atoms with Gasteiger partial charge in [-0.2, -0.15) is 0 Å². The van der Waals surface area contributed by atoms with E-state index in [0.717, 1.165) is 10.5 Å². The lowest BCUT2D eigenvalue weighted by Gasteiger charge is -1.94. The number of hydrogen-bond acceptors (Lipinski definition) is 2. The summed E-state index contributed by atoms with van der Waals surface area (Å²) < 4.78 is 0. The molecule has 0 atom stereocenters.